The van der Waals surface area contributed by atoms with Crippen LogP contribution in [0.15, 0.2) is 101 Å². The van der Waals surface area contributed by atoms with Gasteiger partial charge in [-0.15, -0.1) is 10.2 Å². The van der Waals surface area contributed by atoms with Crippen LogP contribution in [0.25, 0.3) is 6.08 Å². The summed E-state index contributed by atoms with van der Waals surface area (Å²) in [7, 11) is 0. The van der Waals surface area contributed by atoms with Crippen molar-refractivity contribution in [2.24, 2.45) is 0 Å². The molecule has 5 rings (SSSR count). The summed E-state index contributed by atoms with van der Waals surface area (Å²) < 4.78 is 6.56. The van der Waals surface area contributed by atoms with Crippen LogP contribution in [0, 0.1) is 0 Å². The highest BCUT2D eigenvalue weighted by molar-refractivity contribution is 8.00. The van der Waals surface area contributed by atoms with Gasteiger partial charge in [-0.25, -0.2) is 0 Å². The van der Waals surface area contributed by atoms with Crippen molar-refractivity contribution in [3.05, 3.63) is 118 Å². The highest BCUT2D eigenvalue weighted by Crippen LogP contribution is 2.43. The molecule has 0 aliphatic carbocycles. The molecule has 0 bridgehead atoms. The average Bonchev–Trinajstić information content (AvgIpc) is 3.62. The van der Waals surface area contributed by atoms with E-state index in [1.165, 1.54) is 40.5 Å². The zero-order chi connectivity index (χ0) is 30.9. The summed E-state index contributed by atoms with van der Waals surface area (Å²) in [4.78, 5) is 28.4. The Morgan fingerprint density at radius 3 is 2.50 bits per heavy atom. The van der Waals surface area contributed by atoms with Gasteiger partial charge >= 0.3 is 0 Å². The number of anilines is 1. The zero-order valence-electron chi connectivity index (χ0n) is 24.2. The molecule has 0 fully saturated rings. The monoisotopic (exact) mass is 645 g/mol. The summed E-state index contributed by atoms with van der Waals surface area (Å²) in [5.74, 6) is -0.429. The third kappa shape index (κ3) is 7.77. The molecule has 10 heteroatoms. The lowest BCUT2D eigenvalue weighted by Crippen LogP contribution is -2.30. The van der Waals surface area contributed by atoms with Gasteiger partial charge in [0.1, 0.15) is 5.75 Å². The quantitative estimate of drug-likeness (QED) is 0.0635. The largest absolute Gasteiger partial charge is 0.503 e. The summed E-state index contributed by atoms with van der Waals surface area (Å²) >= 11 is 8.71. The lowest BCUT2D eigenvalue weighted by molar-refractivity contribution is -0.117. The van der Waals surface area contributed by atoms with Crippen molar-refractivity contribution in [3.8, 4) is 5.75 Å². The number of unbranched alkanes of at least 4 members (excludes halogenated alkanes) is 3. The van der Waals surface area contributed by atoms with Crippen LogP contribution in [-0.2, 0) is 15.3 Å². The van der Waals surface area contributed by atoms with Gasteiger partial charge in [-0.05, 0) is 53.5 Å². The second kappa shape index (κ2) is 15.2. The third-order valence-electron chi connectivity index (χ3n) is 7.04. The number of ether oxygens (including phenoxy) is 1. The van der Waals surface area contributed by atoms with Crippen LogP contribution in [0.3, 0.4) is 0 Å². The van der Waals surface area contributed by atoms with Crippen LogP contribution in [0.5, 0.6) is 5.75 Å². The van der Waals surface area contributed by atoms with Crippen LogP contribution in [0.2, 0.25) is 5.02 Å². The molecule has 1 atom stereocenters. The van der Waals surface area contributed by atoms with E-state index in [4.69, 9.17) is 16.3 Å². The Hall–Kier alpha value is -3.92. The Morgan fingerprint density at radius 1 is 1.02 bits per heavy atom. The number of nitrogens with zero attached hydrogens (tertiary/aromatic N) is 3. The van der Waals surface area contributed by atoms with E-state index >= 15 is 0 Å². The topological polar surface area (TPSA) is 92.6 Å². The molecule has 3 aromatic carbocycles. The van der Waals surface area contributed by atoms with Gasteiger partial charge in [-0.2, -0.15) is 0 Å². The molecule has 0 radical (unpaired) electrons. The van der Waals surface area contributed by atoms with Crippen LogP contribution in [-0.4, -0.2) is 33.6 Å². The highest BCUT2D eigenvalue weighted by Gasteiger charge is 2.45. The Labute approximate surface area is 270 Å². The van der Waals surface area contributed by atoms with E-state index in [1.54, 1.807) is 6.08 Å². The van der Waals surface area contributed by atoms with Crippen molar-refractivity contribution in [1.82, 2.24) is 10.2 Å². The Kier molecular flexibility index (Phi) is 10.9. The lowest BCUT2D eigenvalue weighted by Gasteiger charge is -2.24. The molecule has 1 N–H and O–H groups in total. The van der Waals surface area contributed by atoms with E-state index in [1.807, 2.05) is 78.9 Å². The minimum Gasteiger partial charge on any atom is -0.503 e. The van der Waals surface area contributed by atoms with E-state index in [0.29, 0.717) is 33.0 Å². The molecule has 4 aromatic rings. The van der Waals surface area contributed by atoms with Crippen molar-refractivity contribution in [3.63, 3.8) is 0 Å². The predicted octanol–water partition coefficient (Wildman–Crippen LogP) is 8.63. The number of thioether (sulfide) groups is 1. The van der Waals surface area contributed by atoms with Gasteiger partial charge in [-0.3, -0.25) is 14.5 Å². The number of halogens is 1. The first kappa shape index (κ1) is 31.5. The molecule has 1 aromatic heterocycles. The molecule has 44 heavy (non-hydrogen) atoms. The van der Waals surface area contributed by atoms with E-state index in [2.05, 4.69) is 17.1 Å². The second-order valence-electron chi connectivity index (χ2n) is 10.2. The van der Waals surface area contributed by atoms with Crippen molar-refractivity contribution < 1.29 is 19.4 Å². The van der Waals surface area contributed by atoms with Gasteiger partial charge in [0.05, 0.1) is 18.2 Å². The second-order valence-corrected chi connectivity index (χ2v) is 12.8. The number of benzene rings is 3. The number of allylic oxidation sites excluding steroid dienone is 1. The SMILES string of the molecule is CCCCCCOc1ccc(C2C(C(=O)C=Cc3ccccc3)=C(O)C(=O)N2c2nnc(SCc3ccc(Cl)cc3)s2)cc1. The zero-order valence-corrected chi connectivity index (χ0v) is 26.6. The number of ketones is 1. The number of hydrogen-bond donors (Lipinski definition) is 1. The number of carbonyl (C=O) groups excluding carboxylic acids is 2. The molecule has 0 saturated carbocycles. The molecular weight excluding hydrogens is 614 g/mol. The first-order chi connectivity index (χ1) is 21.4. The van der Waals surface area contributed by atoms with Crippen LogP contribution < -0.4 is 9.64 Å². The van der Waals surface area contributed by atoms with Crippen molar-refractivity contribution in [2.45, 2.75) is 48.7 Å². The lowest BCUT2D eigenvalue weighted by atomic mass is 9.95. The molecule has 2 heterocycles. The fraction of sp³-hybridized carbons (Fsp3) is 0.235. The van der Waals surface area contributed by atoms with E-state index in [9.17, 15) is 14.7 Å². The van der Waals surface area contributed by atoms with E-state index < -0.39 is 23.5 Å². The summed E-state index contributed by atoms with van der Waals surface area (Å²) in [6.07, 6.45) is 7.46. The maximum Gasteiger partial charge on any atom is 0.296 e. The predicted molar refractivity (Wildman–Crippen MR) is 177 cm³/mol. The molecule has 0 saturated heterocycles. The van der Waals surface area contributed by atoms with Gasteiger partial charge in [0.15, 0.2) is 15.9 Å². The normalized spacial score (nSPS) is 15.0. The number of aliphatic hydroxyl groups is 1. The molecular formula is C34H32ClN3O4S2. The summed E-state index contributed by atoms with van der Waals surface area (Å²) in [5.41, 5.74) is 2.52. The summed E-state index contributed by atoms with van der Waals surface area (Å²) in [6, 6.07) is 23.3. The fourth-order valence-electron chi connectivity index (χ4n) is 4.74. The van der Waals surface area contributed by atoms with Gasteiger partial charge in [-0.1, -0.05) is 122 Å². The molecule has 7 nitrogen and oxygen atoms in total. The number of aromatic nitrogens is 2. The van der Waals surface area contributed by atoms with Crippen molar-refractivity contribution in [2.75, 3.05) is 11.5 Å². The molecule has 1 aliphatic rings. The Morgan fingerprint density at radius 2 is 1.77 bits per heavy atom. The molecule has 226 valence electrons. The van der Waals surface area contributed by atoms with Crippen LogP contribution in [0.1, 0.15) is 55.3 Å². The van der Waals surface area contributed by atoms with Gasteiger partial charge in [0, 0.05) is 10.8 Å². The van der Waals surface area contributed by atoms with E-state index in [-0.39, 0.29) is 10.7 Å². The van der Waals surface area contributed by atoms with E-state index in [0.717, 1.165) is 30.4 Å². The number of hydrogen-bond acceptors (Lipinski definition) is 8. The maximum atomic E-state index is 13.6. The summed E-state index contributed by atoms with van der Waals surface area (Å²) in [6.45, 7) is 2.78. The minimum absolute atomic E-state index is 0.0130. The first-order valence-corrected chi connectivity index (χ1v) is 16.6. The number of carbonyl (C=O) groups is 2. The number of rotatable bonds is 14. The standard InChI is InChI=1S/C34H32ClN3O4S2/c1-2-3-4-8-21-42-27-18-14-25(15-19-27)30-29(28(39)20-13-23-9-6-5-7-10-23)31(40)32(41)38(30)33-36-37-34(44-33)43-22-24-11-16-26(35)17-12-24/h5-7,9-20,30,40H,2-4,8,21-22H2,1H3. The van der Waals surface area contributed by atoms with Gasteiger partial charge in [0.25, 0.3) is 5.91 Å². The maximum absolute atomic E-state index is 13.6. The number of aliphatic hydroxyl groups excluding tert-OH is 1. The fourth-order valence-corrected chi connectivity index (χ4v) is 6.69. The van der Waals surface area contributed by atoms with Crippen molar-refractivity contribution in [1.29, 1.82) is 0 Å². The average molecular weight is 646 g/mol. The van der Waals surface area contributed by atoms with Gasteiger partial charge < -0.3 is 9.84 Å². The summed E-state index contributed by atoms with van der Waals surface area (Å²) in [5, 5.41) is 20.6. The van der Waals surface area contributed by atoms with Gasteiger partial charge in [0.2, 0.25) is 5.13 Å². The van der Waals surface area contributed by atoms with Crippen molar-refractivity contribution >= 4 is 57.6 Å². The minimum atomic E-state index is -0.893. The number of amides is 1. The molecule has 1 amide bonds. The first-order valence-electron chi connectivity index (χ1n) is 14.4. The Bertz CT molecular complexity index is 1640. The van der Waals surface area contributed by atoms with Crippen LogP contribution in [0.4, 0.5) is 5.13 Å². The smallest absolute Gasteiger partial charge is 0.296 e. The van der Waals surface area contributed by atoms with Crippen LogP contribution >= 0.6 is 34.7 Å². The molecule has 1 aliphatic heterocycles. The highest BCUT2D eigenvalue weighted by atomic mass is 35.5. The third-order valence-corrected chi connectivity index (χ3v) is 9.42. The molecule has 1 unspecified atom stereocenters. The molecule has 0 spiro atoms. The Balaban J connectivity index is 1.40.